The van der Waals surface area contributed by atoms with E-state index >= 15 is 0 Å². The summed E-state index contributed by atoms with van der Waals surface area (Å²) in [5, 5.41) is 6.93. The van der Waals surface area contributed by atoms with Gasteiger partial charge >= 0.3 is 0 Å². The molecule has 0 unspecified atom stereocenters. The summed E-state index contributed by atoms with van der Waals surface area (Å²) in [5.41, 5.74) is 2.85. The molecule has 2 heterocycles. The Balaban J connectivity index is 1.47. The average molecular weight is 359 g/mol. The van der Waals surface area contributed by atoms with Gasteiger partial charge in [-0.1, -0.05) is 30.3 Å². The van der Waals surface area contributed by atoms with Crippen LogP contribution in [-0.2, 0) is 6.54 Å². The van der Waals surface area contributed by atoms with E-state index in [1.165, 1.54) is 6.33 Å². The van der Waals surface area contributed by atoms with Crippen molar-refractivity contribution in [2.45, 2.75) is 13.5 Å². The molecular formula is C20H17N5O2. The highest BCUT2D eigenvalue weighted by molar-refractivity contribution is 6.03. The zero-order valence-corrected chi connectivity index (χ0v) is 14.7. The molecule has 27 heavy (non-hydrogen) atoms. The Morgan fingerprint density at radius 3 is 2.59 bits per heavy atom. The molecular weight excluding hydrogens is 342 g/mol. The lowest BCUT2D eigenvalue weighted by molar-refractivity contribution is 0.102. The fourth-order valence-corrected chi connectivity index (χ4v) is 2.70. The molecule has 0 bridgehead atoms. The third-order valence-corrected chi connectivity index (χ3v) is 4.06. The number of nitrogens with one attached hydrogen (secondary N) is 1. The molecule has 4 aromatic rings. The van der Waals surface area contributed by atoms with Crippen LogP contribution in [-0.4, -0.2) is 25.7 Å². The fraction of sp³-hybridized carbons (Fsp3) is 0.100. The molecule has 1 amide bonds. The zero-order chi connectivity index (χ0) is 18.6. The number of hydrogen-bond acceptors (Lipinski definition) is 5. The molecule has 7 heteroatoms. The quantitative estimate of drug-likeness (QED) is 0.589. The Labute approximate surface area is 155 Å². The maximum Gasteiger partial charge on any atom is 0.277 e. The number of amides is 1. The monoisotopic (exact) mass is 359 g/mol. The van der Waals surface area contributed by atoms with Crippen LogP contribution < -0.4 is 5.32 Å². The summed E-state index contributed by atoms with van der Waals surface area (Å²) < 4.78 is 7.38. The summed E-state index contributed by atoms with van der Waals surface area (Å²) >= 11 is 0. The number of anilines is 1. The number of aryl methyl sites for hydroxylation is 1. The number of nitrogens with zero attached hydrogens (tertiary/aromatic N) is 4. The van der Waals surface area contributed by atoms with Crippen molar-refractivity contribution in [2.24, 2.45) is 0 Å². The molecule has 0 fully saturated rings. The van der Waals surface area contributed by atoms with Crippen molar-refractivity contribution in [3.8, 4) is 11.5 Å². The van der Waals surface area contributed by atoms with Gasteiger partial charge in [0.2, 0.25) is 5.89 Å². The maximum atomic E-state index is 12.6. The van der Waals surface area contributed by atoms with E-state index in [0.29, 0.717) is 23.9 Å². The van der Waals surface area contributed by atoms with Crippen molar-refractivity contribution in [3.63, 3.8) is 0 Å². The van der Waals surface area contributed by atoms with Crippen LogP contribution in [0.3, 0.4) is 0 Å². The predicted molar refractivity (Wildman–Crippen MR) is 100 cm³/mol. The van der Waals surface area contributed by atoms with E-state index in [1.807, 2.05) is 54.6 Å². The normalized spacial score (nSPS) is 10.7. The molecule has 7 nitrogen and oxygen atoms in total. The Kier molecular flexibility index (Phi) is 4.49. The smallest absolute Gasteiger partial charge is 0.277 e. The third-order valence-electron chi connectivity index (χ3n) is 4.06. The van der Waals surface area contributed by atoms with E-state index in [0.717, 1.165) is 11.1 Å². The van der Waals surface area contributed by atoms with Crippen LogP contribution in [0.2, 0.25) is 0 Å². The lowest BCUT2D eigenvalue weighted by Gasteiger charge is -2.05. The summed E-state index contributed by atoms with van der Waals surface area (Å²) in [5.74, 6) is 0.609. The molecule has 2 aromatic carbocycles. The number of carbonyl (C=O) groups is 1. The number of aromatic nitrogens is 4. The number of benzene rings is 2. The highest BCUT2D eigenvalue weighted by Gasteiger charge is 2.18. The standard InChI is InChI=1S/C20H17N5O2/c1-14-18(24-20(27-14)16-5-3-2-4-6-16)19(26)23-17-9-7-15(8-10-17)11-25-13-21-12-22-25/h2-10,12-13H,11H2,1H3,(H,23,26). The third kappa shape index (κ3) is 3.77. The second-order valence-electron chi connectivity index (χ2n) is 6.03. The topological polar surface area (TPSA) is 85.8 Å². The molecule has 0 aliphatic heterocycles. The van der Waals surface area contributed by atoms with Crippen LogP contribution in [0, 0.1) is 6.92 Å². The first-order valence-corrected chi connectivity index (χ1v) is 8.44. The first-order valence-electron chi connectivity index (χ1n) is 8.44. The highest BCUT2D eigenvalue weighted by atomic mass is 16.4. The number of hydrogen-bond donors (Lipinski definition) is 1. The van der Waals surface area contributed by atoms with Crippen LogP contribution >= 0.6 is 0 Å². The van der Waals surface area contributed by atoms with E-state index in [4.69, 9.17) is 4.42 Å². The van der Waals surface area contributed by atoms with Gasteiger partial charge in [-0.25, -0.2) is 14.6 Å². The van der Waals surface area contributed by atoms with E-state index in [-0.39, 0.29) is 11.6 Å². The summed E-state index contributed by atoms with van der Waals surface area (Å²) in [6.45, 7) is 2.35. The van der Waals surface area contributed by atoms with Gasteiger partial charge in [0.15, 0.2) is 5.69 Å². The van der Waals surface area contributed by atoms with Gasteiger partial charge < -0.3 is 9.73 Å². The predicted octanol–water partition coefficient (Wildman–Crippen LogP) is 3.54. The number of rotatable bonds is 5. The van der Waals surface area contributed by atoms with Crippen molar-refractivity contribution >= 4 is 11.6 Å². The van der Waals surface area contributed by atoms with Crippen molar-refractivity contribution in [1.29, 1.82) is 0 Å². The number of oxazole rings is 1. The molecule has 0 saturated heterocycles. The molecule has 0 aliphatic rings. The minimum absolute atomic E-state index is 0.278. The van der Waals surface area contributed by atoms with Gasteiger partial charge in [-0.3, -0.25) is 4.79 Å². The Morgan fingerprint density at radius 1 is 1.11 bits per heavy atom. The SMILES string of the molecule is Cc1oc(-c2ccccc2)nc1C(=O)Nc1ccc(Cn2cncn2)cc1. The Morgan fingerprint density at radius 2 is 1.89 bits per heavy atom. The van der Waals surface area contributed by atoms with Gasteiger partial charge in [0.25, 0.3) is 5.91 Å². The molecule has 0 atom stereocenters. The van der Waals surface area contributed by atoms with E-state index in [2.05, 4.69) is 20.4 Å². The van der Waals surface area contributed by atoms with Gasteiger partial charge in [-0.2, -0.15) is 5.10 Å². The van der Waals surface area contributed by atoms with E-state index < -0.39 is 0 Å². The van der Waals surface area contributed by atoms with Crippen molar-refractivity contribution in [1.82, 2.24) is 19.7 Å². The lowest BCUT2D eigenvalue weighted by Crippen LogP contribution is -2.13. The molecule has 2 aromatic heterocycles. The van der Waals surface area contributed by atoms with Gasteiger partial charge in [0, 0.05) is 11.3 Å². The molecule has 0 radical (unpaired) electrons. The first kappa shape index (κ1) is 16.7. The average Bonchev–Trinajstić information content (AvgIpc) is 3.34. The van der Waals surface area contributed by atoms with Crippen molar-refractivity contribution in [3.05, 3.63) is 84.3 Å². The molecule has 0 spiro atoms. The molecule has 1 N–H and O–H groups in total. The highest BCUT2D eigenvalue weighted by Crippen LogP contribution is 2.22. The Hall–Kier alpha value is -3.74. The molecule has 4 rings (SSSR count). The van der Waals surface area contributed by atoms with E-state index in [9.17, 15) is 4.79 Å². The first-order chi connectivity index (χ1) is 13.2. The van der Waals surface area contributed by atoms with Gasteiger partial charge in [0.1, 0.15) is 18.4 Å². The molecule has 134 valence electrons. The second-order valence-corrected chi connectivity index (χ2v) is 6.03. The van der Waals surface area contributed by atoms with Crippen LogP contribution in [0.1, 0.15) is 21.8 Å². The minimum atomic E-state index is -0.303. The molecule has 0 aliphatic carbocycles. The Bertz CT molecular complexity index is 1040. The van der Waals surface area contributed by atoms with Gasteiger partial charge in [-0.05, 0) is 36.8 Å². The van der Waals surface area contributed by atoms with Gasteiger partial charge in [-0.15, -0.1) is 0 Å². The second kappa shape index (κ2) is 7.25. The van der Waals surface area contributed by atoms with Crippen LogP contribution in [0.5, 0.6) is 0 Å². The summed E-state index contributed by atoms with van der Waals surface area (Å²) in [7, 11) is 0. The molecule has 0 saturated carbocycles. The minimum Gasteiger partial charge on any atom is -0.441 e. The fourth-order valence-electron chi connectivity index (χ4n) is 2.70. The summed E-state index contributed by atoms with van der Waals surface area (Å²) in [6, 6.07) is 17.0. The number of carbonyl (C=O) groups excluding carboxylic acids is 1. The maximum absolute atomic E-state index is 12.6. The van der Waals surface area contributed by atoms with Crippen LogP contribution in [0.25, 0.3) is 11.5 Å². The summed E-state index contributed by atoms with van der Waals surface area (Å²) in [4.78, 5) is 20.8. The van der Waals surface area contributed by atoms with Crippen LogP contribution in [0.15, 0.2) is 71.7 Å². The summed E-state index contributed by atoms with van der Waals surface area (Å²) in [6.07, 6.45) is 3.16. The zero-order valence-electron chi connectivity index (χ0n) is 14.7. The van der Waals surface area contributed by atoms with Crippen LogP contribution in [0.4, 0.5) is 5.69 Å². The lowest BCUT2D eigenvalue weighted by atomic mass is 10.2. The van der Waals surface area contributed by atoms with Crippen molar-refractivity contribution < 1.29 is 9.21 Å². The largest absolute Gasteiger partial charge is 0.441 e. The van der Waals surface area contributed by atoms with Crippen molar-refractivity contribution in [2.75, 3.05) is 5.32 Å². The van der Waals surface area contributed by atoms with Gasteiger partial charge in [0.05, 0.1) is 6.54 Å². The van der Waals surface area contributed by atoms with E-state index in [1.54, 1.807) is 17.9 Å².